The van der Waals surface area contributed by atoms with E-state index in [2.05, 4.69) is 31.7 Å². The summed E-state index contributed by atoms with van der Waals surface area (Å²) in [5.74, 6) is -0.0457. The van der Waals surface area contributed by atoms with Crippen molar-refractivity contribution in [1.29, 1.82) is 0 Å². The lowest BCUT2D eigenvalue weighted by atomic mass is 10.2. The van der Waals surface area contributed by atoms with Gasteiger partial charge in [0.1, 0.15) is 0 Å². The van der Waals surface area contributed by atoms with E-state index in [1.54, 1.807) is 0 Å². The molecule has 25 heavy (non-hydrogen) atoms. The number of carbonyl (C=O) groups excluding carboxylic acids is 1. The van der Waals surface area contributed by atoms with Crippen LogP contribution in [0.25, 0.3) is 5.69 Å². The Morgan fingerprint density at radius 1 is 1.36 bits per heavy atom. The molecular weight excluding hydrogens is 404 g/mol. The number of halogens is 2. The third-order valence-corrected chi connectivity index (χ3v) is 5.36. The van der Waals surface area contributed by atoms with Crippen LogP contribution in [0.1, 0.15) is 41.0 Å². The summed E-state index contributed by atoms with van der Waals surface area (Å²) < 4.78 is 2.95. The van der Waals surface area contributed by atoms with Gasteiger partial charge in [-0.3, -0.25) is 4.79 Å². The summed E-state index contributed by atoms with van der Waals surface area (Å²) in [6.45, 7) is 1.73. The Labute approximate surface area is 162 Å². The summed E-state index contributed by atoms with van der Waals surface area (Å²) >= 11 is 3.51. The highest BCUT2D eigenvalue weighted by atomic mass is 79.9. The van der Waals surface area contributed by atoms with E-state index in [4.69, 9.17) is 0 Å². The molecular formula is C18H22BrClN4O. The molecule has 1 fully saturated rings. The van der Waals surface area contributed by atoms with Crippen molar-refractivity contribution in [3.05, 3.63) is 45.7 Å². The first-order chi connectivity index (χ1) is 11.7. The predicted octanol–water partition coefficient (Wildman–Crippen LogP) is 3.03. The standard InChI is InChI=1S/C18H21BrN4O.ClH/c19-12-4-1-6-14(10-12)23-16-8-2-7-15(16)17(22-23)18(24)21-11-13-5-3-9-20-13;/h1,4,6,10,13,20H,2-3,5,7-9,11H2,(H,21,24);1H. The molecule has 2 aromatic rings. The lowest BCUT2D eigenvalue weighted by molar-refractivity contribution is 0.0944. The highest BCUT2D eigenvalue weighted by Gasteiger charge is 2.27. The molecule has 1 saturated heterocycles. The lowest BCUT2D eigenvalue weighted by Crippen LogP contribution is -2.37. The fourth-order valence-electron chi connectivity index (χ4n) is 3.67. The Morgan fingerprint density at radius 3 is 3.00 bits per heavy atom. The van der Waals surface area contributed by atoms with Crippen molar-refractivity contribution < 1.29 is 4.79 Å². The Kier molecular flexibility index (Phi) is 5.81. The molecule has 1 amide bonds. The van der Waals surface area contributed by atoms with Crippen LogP contribution in [0, 0.1) is 0 Å². The van der Waals surface area contributed by atoms with Gasteiger partial charge in [-0.1, -0.05) is 22.0 Å². The van der Waals surface area contributed by atoms with Crippen molar-refractivity contribution in [3.8, 4) is 5.69 Å². The maximum Gasteiger partial charge on any atom is 0.272 e. The van der Waals surface area contributed by atoms with Gasteiger partial charge in [0.05, 0.1) is 5.69 Å². The van der Waals surface area contributed by atoms with Gasteiger partial charge in [-0.15, -0.1) is 12.4 Å². The summed E-state index contributed by atoms with van der Waals surface area (Å²) in [7, 11) is 0. The molecule has 1 unspecified atom stereocenters. The van der Waals surface area contributed by atoms with E-state index in [0.717, 1.165) is 48.0 Å². The highest BCUT2D eigenvalue weighted by molar-refractivity contribution is 9.10. The summed E-state index contributed by atoms with van der Waals surface area (Å²) in [5.41, 5.74) is 3.89. The number of nitrogens with one attached hydrogen (secondary N) is 2. The molecule has 0 spiro atoms. The molecule has 2 N–H and O–H groups in total. The number of rotatable bonds is 4. The maximum atomic E-state index is 12.6. The summed E-state index contributed by atoms with van der Waals surface area (Å²) in [5, 5.41) is 11.1. The van der Waals surface area contributed by atoms with Crippen LogP contribution in [0.3, 0.4) is 0 Å². The molecule has 1 atom stereocenters. The number of hydrogen-bond donors (Lipinski definition) is 2. The van der Waals surface area contributed by atoms with Crippen LogP contribution in [-0.2, 0) is 12.8 Å². The first kappa shape index (κ1) is 18.4. The van der Waals surface area contributed by atoms with E-state index in [0.29, 0.717) is 18.3 Å². The quantitative estimate of drug-likeness (QED) is 0.791. The lowest BCUT2D eigenvalue weighted by Gasteiger charge is -2.11. The van der Waals surface area contributed by atoms with E-state index in [1.165, 1.54) is 12.1 Å². The van der Waals surface area contributed by atoms with Gasteiger partial charge in [-0.25, -0.2) is 4.68 Å². The summed E-state index contributed by atoms with van der Waals surface area (Å²) in [6.07, 6.45) is 5.32. The molecule has 4 rings (SSSR count). The molecule has 1 aromatic heterocycles. The molecule has 1 aliphatic heterocycles. The van der Waals surface area contributed by atoms with Gasteiger partial charge in [-0.05, 0) is 56.8 Å². The second-order valence-electron chi connectivity index (χ2n) is 6.52. The van der Waals surface area contributed by atoms with Crippen LogP contribution in [0.5, 0.6) is 0 Å². The number of benzene rings is 1. The van der Waals surface area contributed by atoms with E-state index in [9.17, 15) is 4.79 Å². The molecule has 1 aromatic carbocycles. The second kappa shape index (κ2) is 7.89. The normalized spacial score (nSPS) is 18.7. The molecule has 0 radical (unpaired) electrons. The SMILES string of the molecule is Cl.O=C(NCC1CCCN1)c1nn(-c2cccc(Br)c2)c2c1CCC2. The highest BCUT2D eigenvalue weighted by Crippen LogP contribution is 2.28. The minimum Gasteiger partial charge on any atom is -0.349 e. The van der Waals surface area contributed by atoms with Gasteiger partial charge in [0.25, 0.3) is 5.91 Å². The number of amides is 1. The largest absolute Gasteiger partial charge is 0.349 e. The van der Waals surface area contributed by atoms with Crippen molar-refractivity contribution in [2.45, 2.75) is 38.1 Å². The maximum absolute atomic E-state index is 12.6. The molecule has 7 heteroatoms. The molecule has 1 aliphatic carbocycles. The number of carbonyl (C=O) groups is 1. The van der Waals surface area contributed by atoms with Crippen molar-refractivity contribution in [2.24, 2.45) is 0 Å². The number of nitrogens with zero attached hydrogens (tertiary/aromatic N) is 2. The van der Waals surface area contributed by atoms with Gasteiger partial charge in [-0.2, -0.15) is 5.10 Å². The van der Waals surface area contributed by atoms with Gasteiger partial charge in [0.15, 0.2) is 5.69 Å². The molecule has 2 heterocycles. The van der Waals surface area contributed by atoms with Crippen LogP contribution in [0.2, 0.25) is 0 Å². The Balaban J connectivity index is 0.00000182. The monoisotopic (exact) mass is 424 g/mol. The van der Waals surface area contributed by atoms with Crippen molar-refractivity contribution in [3.63, 3.8) is 0 Å². The molecule has 2 aliphatic rings. The fraction of sp³-hybridized carbons (Fsp3) is 0.444. The van der Waals surface area contributed by atoms with E-state index >= 15 is 0 Å². The van der Waals surface area contributed by atoms with Crippen LogP contribution in [0.4, 0.5) is 0 Å². The topological polar surface area (TPSA) is 59.0 Å². The third kappa shape index (κ3) is 3.76. The zero-order chi connectivity index (χ0) is 16.5. The number of fused-ring (bicyclic) bond motifs is 1. The van der Waals surface area contributed by atoms with Gasteiger partial charge in [0, 0.05) is 28.3 Å². The first-order valence-corrected chi connectivity index (χ1v) is 9.40. The average Bonchev–Trinajstić information content (AvgIpc) is 3.29. The minimum atomic E-state index is -0.0457. The third-order valence-electron chi connectivity index (χ3n) is 4.87. The van der Waals surface area contributed by atoms with Crippen molar-refractivity contribution in [1.82, 2.24) is 20.4 Å². The molecule has 134 valence electrons. The predicted molar refractivity (Wildman–Crippen MR) is 104 cm³/mol. The fourth-order valence-corrected chi connectivity index (χ4v) is 4.06. The molecule has 0 saturated carbocycles. The summed E-state index contributed by atoms with van der Waals surface area (Å²) in [4.78, 5) is 12.6. The Bertz CT molecular complexity index is 770. The van der Waals surface area contributed by atoms with Crippen LogP contribution in [-0.4, -0.2) is 34.8 Å². The molecule has 0 bridgehead atoms. The van der Waals surface area contributed by atoms with Gasteiger partial charge >= 0.3 is 0 Å². The van der Waals surface area contributed by atoms with E-state index < -0.39 is 0 Å². The Morgan fingerprint density at radius 2 is 2.24 bits per heavy atom. The number of hydrogen-bond acceptors (Lipinski definition) is 3. The van der Waals surface area contributed by atoms with Crippen LogP contribution in [0.15, 0.2) is 28.7 Å². The van der Waals surface area contributed by atoms with E-state index in [-0.39, 0.29) is 18.3 Å². The van der Waals surface area contributed by atoms with Crippen LogP contribution >= 0.6 is 28.3 Å². The first-order valence-electron chi connectivity index (χ1n) is 8.60. The minimum absolute atomic E-state index is 0. The van der Waals surface area contributed by atoms with Crippen molar-refractivity contribution in [2.75, 3.05) is 13.1 Å². The van der Waals surface area contributed by atoms with Crippen molar-refractivity contribution >= 4 is 34.2 Å². The smallest absolute Gasteiger partial charge is 0.272 e. The average molecular weight is 426 g/mol. The zero-order valence-electron chi connectivity index (χ0n) is 13.9. The zero-order valence-corrected chi connectivity index (χ0v) is 16.3. The Hall–Kier alpha value is -1.37. The molecule has 5 nitrogen and oxygen atoms in total. The number of aromatic nitrogens is 2. The second-order valence-corrected chi connectivity index (χ2v) is 7.44. The van der Waals surface area contributed by atoms with Gasteiger partial charge in [0.2, 0.25) is 0 Å². The van der Waals surface area contributed by atoms with E-state index in [1.807, 2.05) is 28.9 Å². The summed E-state index contributed by atoms with van der Waals surface area (Å²) in [6, 6.07) is 8.45. The van der Waals surface area contributed by atoms with Gasteiger partial charge < -0.3 is 10.6 Å². The van der Waals surface area contributed by atoms with Crippen LogP contribution < -0.4 is 10.6 Å².